The first kappa shape index (κ1) is 26.2. The van der Waals surface area contributed by atoms with Crippen molar-refractivity contribution >= 4 is 48.1 Å². The third kappa shape index (κ3) is 9.21. The number of aliphatic carboxylic acids is 1. The van der Waals surface area contributed by atoms with Gasteiger partial charge in [-0.05, 0) is 25.8 Å². The van der Waals surface area contributed by atoms with Crippen molar-refractivity contribution in [3.05, 3.63) is 0 Å². The van der Waals surface area contributed by atoms with E-state index in [4.69, 9.17) is 16.6 Å². The second-order valence-electron chi connectivity index (χ2n) is 7.03. The molecule has 174 valence electrons. The minimum Gasteiger partial charge on any atom is -0.480 e. The van der Waals surface area contributed by atoms with E-state index < -0.39 is 66.1 Å². The summed E-state index contributed by atoms with van der Waals surface area (Å²) in [5.74, 6) is -5.49. The number of nitrogens with two attached hydrogens (primary N) is 2. The van der Waals surface area contributed by atoms with E-state index in [1.165, 1.54) is 0 Å². The van der Waals surface area contributed by atoms with E-state index in [1.807, 2.05) is 0 Å². The van der Waals surface area contributed by atoms with Gasteiger partial charge in [-0.2, -0.15) is 12.6 Å². The maximum atomic E-state index is 12.7. The highest BCUT2D eigenvalue weighted by Crippen LogP contribution is 2.07. The summed E-state index contributed by atoms with van der Waals surface area (Å²) >= 11 is 3.83. The van der Waals surface area contributed by atoms with Gasteiger partial charge in [0.25, 0.3) is 0 Å². The Kier molecular flexibility index (Phi) is 10.8. The second-order valence-corrected chi connectivity index (χ2v) is 7.39. The highest BCUT2D eigenvalue weighted by Gasteiger charge is 2.32. The van der Waals surface area contributed by atoms with Gasteiger partial charge in [-0.1, -0.05) is 0 Å². The summed E-state index contributed by atoms with van der Waals surface area (Å²) in [7, 11) is 0. The molecule has 4 unspecified atom stereocenters. The van der Waals surface area contributed by atoms with E-state index in [1.54, 1.807) is 0 Å². The summed E-state index contributed by atoms with van der Waals surface area (Å²) in [5, 5.41) is 18.9. The molecule has 0 aromatic rings. The largest absolute Gasteiger partial charge is 0.480 e. The number of hydrogen-bond acceptors (Lipinski definition) is 8. The molecule has 1 aliphatic rings. The fraction of sp³-hybridized carbons (Fsp3) is 0.647. The molecule has 0 aromatic carbocycles. The molecular weight excluding hydrogens is 432 g/mol. The Morgan fingerprint density at radius 1 is 0.968 bits per heavy atom. The molecule has 4 atom stereocenters. The average Bonchev–Trinajstić information content (AvgIpc) is 3.22. The lowest BCUT2D eigenvalue weighted by Gasteiger charge is -2.24. The molecule has 5 amide bonds. The van der Waals surface area contributed by atoms with Crippen LogP contribution in [-0.2, 0) is 28.8 Å². The third-order valence-corrected chi connectivity index (χ3v) is 4.89. The first-order valence-electron chi connectivity index (χ1n) is 9.59. The predicted molar refractivity (Wildman–Crippen MR) is 111 cm³/mol. The lowest BCUT2D eigenvalue weighted by molar-refractivity contribution is -0.141. The molecule has 1 fully saturated rings. The van der Waals surface area contributed by atoms with Gasteiger partial charge in [0, 0.05) is 12.2 Å². The van der Waals surface area contributed by atoms with E-state index in [-0.39, 0.29) is 18.6 Å². The molecule has 1 saturated heterocycles. The standard InChI is InChI=1S/C17H28N6O7S/c18-12(24)4-3-9(21-14(26)8-2-1-5-20-8)15(27)22-10(6-13(19)25)16(28)23-11(7-31)17(29)30/h8-11,20,31H,1-7H2,(H2,18,24)(H2,19,25)(H,21,26)(H,22,27)(H,23,28)(H,29,30). The van der Waals surface area contributed by atoms with Crippen LogP contribution in [0.3, 0.4) is 0 Å². The summed E-state index contributed by atoms with van der Waals surface area (Å²) < 4.78 is 0. The van der Waals surface area contributed by atoms with Crippen molar-refractivity contribution < 1.29 is 33.9 Å². The number of carboxylic acid groups (broad SMARTS) is 1. The second kappa shape index (κ2) is 12.7. The molecule has 1 heterocycles. The lowest BCUT2D eigenvalue weighted by Crippen LogP contribution is -2.58. The monoisotopic (exact) mass is 460 g/mol. The van der Waals surface area contributed by atoms with Crippen molar-refractivity contribution in [1.29, 1.82) is 0 Å². The van der Waals surface area contributed by atoms with Crippen LogP contribution in [0.1, 0.15) is 32.1 Å². The van der Waals surface area contributed by atoms with Crippen LogP contribution >= 0.6 is 12.6 Å². The third-order valence-electron chi connectivity index (χ3n) is 4.52. The van der Waals surface area contributed by atoms with Gasteiger partial charge in [0.2, 0.25) is 29.5 Å². The summed E-state index contributed by atoms with van der Waals surface area (Å²) in [6.45, 7) is 0.646. The van der Waals surface area contributed by atoms with Crippen LogP contribution in [0.4, 0.5) is 0 Å². The minimum absolute atomic E-state index is 0.140. The Morgan fingerprint density at radius 2 is 1.58 bits per heavy atom. The van der Waals surface area contributed by atoms with E-state index >= 15 is 0 Å². The zero-order chi connectivity index (χ0) is 23.6. The van der Waals surface area contributed by atoms with Crippen LogP contribution in [0, 0.1) is 0 Å². The molecule has 0 aliphatic carbocycles. The number of primary amides is 2. The van der Waals surface area contributed by atoms with Crippen molar-refractivity contribution in [3.8, 4) is 0 Å². The zero-order valence-electron chi connectivity index (χ0n) is 16.8. The quantitative estimate of drug-likeness (QED) is 0.128. The molecule has 31 heavy (non-hydrogen) atoms. The summed E-state index contributed by atoms with van der Waals surface area (Å²) in [5.41, 5.74) is 10.3. The SMILES string of the molecule is NC(=O)CCC(NC(=O)C1CCCN1)C(=O)NC(CC(N)=O)C(=O)NC(CS)C(=O)O. The zero-order valence-corrected chi connectivity index (χ0v) is 17.7. The van der Waals surface area contributed by atoms with Gasteiger partial charge in [0.15, 0.2) is 0 Å². The topological polar surface area (TPSA) is 223 Å². The molecule has 0 spiro atoms. The van der Waals surface area contributed by atoms with Crippen molar-refractivity contribution in [2.75, 3.05) is 12.3 Å². The maximum absolute atomic E-state index is 12.7. The minimum atomic E-state index is -1.50. The molecule has 0 bridgehead atoms. The molecule has 0 saturated carbocycles. The molecule has 1 aliphatic heterocycles. The Hall–Kier alpha value is -2.87. The number of rotatable bonds is 13. The smallest absolute Gasteiger partial charge is 0.327 e. The van der Waals surface area contributed by atoms with Crippen molar-refractivity contribution in [3.63, 3.8) is 0 Å². The lowest BCUT2D eigenvalue weighted by atomic mass is 10.1. The van der Waals surface area contributed by atoms with Gasteiger partial charge in [0.05, 0.1) is 12.5 Å². The molecule has 14 heteroatoms. The molecular formula is C17H28N6O7S. The predicted octanol–water partition coefficient (Wildman–Crippen LogP) is -3.65. The van der Waals surface area contributed by atoms with Gasteiger partial charge in [-0.25, -0.2) is 4.79 Å². The Balaban J connectivity index is 2.91. The fourth-order valence-corrected chi connectivity index (χ4v) is 3.12. The van der Waals surface area contributed by atoms with Crippen LogP contribution in [0.15, 0.2) is 0 Å². The van der Waals surface area contributed by atoms with Crippen LogP contribution in [-0.4, -0.2) is 77.1 Å². The van der Waals surface area contributed by atoms with Crippen molar-refractivity contribution in [2.24, 2.45) is 11.5 Å². The highest BCUT2D eigenvalue weighted by atomic mass is 32.1. The van der Waals surface area contributed by atoms with Crippen LogP contribution < -0.4 is 32.7 Å². The Morgan fingerprint density at radius 3 is 2.06 bits per heavy atom. The molecule has 13 nitrogen and oxygen atoms in total. The number of nitrogens with one attached hydrogen (secondary N) is 4. The van der Waals surface area contributed by atoms with Gasteiger partial charge in [0.1, 0.15) is 18.1 Å². The van der Waals surface area contributed by atoms with Crippen LogP contribution in [0.5, 0.6) is 0 Å². The number of carboxylic acids is 1. The maximum Gasteiger partial charge on any atom is 0.327 e. The number of carbonyl (C=O) groups excluding carboxylic acids is 5. The van der Waals surface area contributed by atoms with E-state index in [9.17, 15) is 28.8 Å². The van der Waals surface area contributed by atoms with Gasteiger partial charge < -0.3 is 37.8 Å². The average molecular weight is 461 g/mol. The van der Waals surface area contributed by atoms with E-state index in [2.05, 4.69) is 33.9 Å². The van der Waals surface area contributed by atoms with Crippen molar-refractivity contribution in [2.45, 2.75) is 56.3 Å². The van der Waals surface area contributed by atoms with E-state index in [0.717, 1.165) is 6.42 Å². The first-order valence-corrected chi connectivity index (χ1v) is 10.2. The fourth-order valence-electron chi connectivity index (χ4n) is 2.88. The Bertz CT molecular complexity index is 713. The van der Waals surface area contributed by atoms with Gasteiger partial charge in [-0.3, -0.25) is 24.0 Å². The van der Waals surface area contributed by atoms with Crippen LogP contribution in [0.25, 0.3) is 0 Å². The molecule has 1 rings (SSSR count). The highest BCUT2D eigenvalue weighted by molar-refractivity contribution is 7.80. The first-order chi connectivity index (χ1) is 14.5. The number of carbonyl (C=O) groups is 6. The summed E-state index contributed by atoms with van der Waals surface area (Å²) in [6, 6.07) is -4.57. The summed E-state index contributed by atoms with van der Waals surface area (Å²) in [4.78, 5) is 71.1. The Labute approximate surface area is 183 Å². The number of amides is 5. The van der Waals surface area contributed by atoms with Gasteiger partial charge >= 0.3 is 5.97 Å². The molecule has 0 aromatic heterocycles. The normalized spacial score (nSPS) is 18.3. The molecule has 0 radical (unpaired) electrons. The molecule has 9 N–H and O–H groups in total. The summed E-state index contributed by atoms with van der Waals surface area (Å²) in [6.07, 6.45) is 0.385. The number of hydrogen-bond donors (Lipinski definition) is 8. The van der Waals surface area contributed by atoms with Gasteiger partial charge in [-0.15, -0.1) is 0 Å². The van der Waals surface area contributed by atoms with Crippen LogP contribution in [0.2, 0.25) is 0 Å². The number of thiol groups is 1. The van der Waals surface area contributed by atoms with E-state index in [0.29, 0.717) is 13.0 Å². The van der Waals surface area contributed by atoms with Crippen molar-refractivity contribution in [1.82, 2.24) is 21.3 Å².